The second-order valence-corrected chi connectivity index (χ2v) is 7.18. The largest absolute Gasteiger partial charge is 0.493 e. The molecule has 0 aromatic heterocycles. The third-order valence-electron chi connectivity index (χ3n) is 5.44. The minimum atomic E-state index is -2.60. The van der Waals surface area contributed by atoms with Crippen LogP contribution in [0.5, 0.6) is 5.75 Å². The van der Waals surface area contributed by atoms with Gasteiger partial charge in [0.1, 0.15) is 0 Å². The van der Waals surface area contributed by atoms with E-state index < -0.39 is 114 Å². The maximum Gasteiger partial charge on any atom is 0.202 e. The van der Waals surface area contributed by atoms with Crippen LogP contribution >= 0.6 is 0 Å². The fourth-order valence-electron chi connectivity index (χ4n) is 3.89. The average Bonchev–Trinajstić information content (AvgIpc) is 2.83. The Morgan fingerprint density at radius 3 is 1.09 bits per heavy atom. The van der Waals surface area contributed by atoms with E-state index in [9.17, 15) is 52.7 Å². The molecule has 4 aromatic carbocycles. The molecule has 0 aliphatic rings. The lowest BCUT2D eigenvalue weighted by Gasteiger charge is -2.20. The first kappa shape index (κ1) is 24.5. The molecule has 0 unspecified atom stereocenters. The number of halogens is 12. The number of methoxy groups -OCH3 is 1. The first-order valence-corrected chi connectivity index (χ1v) is 9.13. The Morgan fingerprint density at radius 2 is 0.686 bits per heavy atom. The molecular formula is C22H6F12O. The lowest BCUT2D eigenvalue weighted by atomic mass is 9.87. The summed E-state index contributed by atoms with van der Waals surface area (Å²) in [6.07, 6.45) is 0. The van der Waals surface area contributed by atoms with Gasteiger partial charge in [-0.05, 0) is 12.5 Å². The zero-order valence-electron chi connectivity index (χ0n) is 16.9. The number of ether oxygens (including phenoxy) is 1. The molecule has 4 rings (SSSR count). The number of hydrogen-bond donors (Lipinski definition) is 0. The van der Waals surface area contributed by atoms with Gasteiger partial charge in [0.25, 0.3) is 0 Å². The first-order valence-electron chi connectivity index (χ1n) is 9.13. The van der Waals surface area contributed by atoms with E-state index in [-0.39, 0.29) is 0 Å². The van der Waals surface area contributed by atoms with Gasteiger partial charge in [-0.15, -0.1) is 0 Å². The van der Waals surface area contributed by atoms with Crippen LogP contribution in [-0.2, 0) is 0 Å². The van der Waals surface area contributed by atoms with E-state index in [0.717, 1.165) is 0 Å². The van der Waals surface area contributed by atoms with Crippen LogP contribution in [0, 0.1) is 76.7 Å². The van der Waals surface area contributed by atoms with Gasteiger partial charge in [0.15, 0.2) is 69.7 Å². The molecule has 0 heterocycles. The molecular weight excluding hydrogens is 508 g/mol. The van der Waals surface area contributed by atoms with Crippen LogP contribution in [0.3, 0.4) is 0 Å². The molecule has 0 radical (unpaired) electrons. The van der Waals surface area contributed by atoms with Gasteiger partial charge in [-0.25, -0.2) is 48.3 Å². The molecule has 0 fully saturated rings. The van der Waals surface area contributed by atoms with Gasteiger partial charge >= 0.3 is 0 Å². The molecule has 0 atom stereocenters. The highest BCUT2D eigenvalue weighted by atomic mass is 19.2. The Kier molecular flexibility index (Phi) is 5.56. The third-order valence-corrected chi connectivity index (χ3v) is 5.44. The van der Waals surface area contributed by atoms with Crippen molar-refractivity contribution in [2.45, 2.75) is 6.92 Å². The summed E-state index contributed by atoms with van der Waals surface area (Å²) < 4.78 is 177. The minimum Gasteiger partial charge on any atom is -0.493 e. The molecule has 184 valence electrons. The standard InChI is InChI=1S/C22H6F12O/c1-3-4(5-8(13(26)10(3)23)14(27)19(32)17(30)11(5)24)7-6-9(16(29)21(34)22(7)35-2)15(28)20(33)18(31)12(6)25/h1-2H3. The van der Waals surface area contributed by atoms with E-state index in [4.69, 9.17) is 0 Å². The highest BCUT2D eigenvalue weighted by Gasteiger charge is 2.36. The zero-order valence-corrected chi connectivity index (χ0v) is 16.9. The van der Waals surface area contributed by atoms with Gasteiger partial charge in [0.2, 0.25) is 5.82 Å². The molecule has 13 heteroatoms. The monoisotopic (exact) mass is 514 g/mol. The molecule has 0 amide bonds. The minimum absolute atomic E-state index is 0.579. The van der Waals surface area contributed by atoms with E-state index in [2.05, 4.69) is 4.74 Å². The molecule has 0 aliphatic carbocycles. The van der Waals surface area contributed by atoms with Crippen molar-refractivity contribution in [1.29, 1.82) is 0 Å². The van der Waals surface area contributed by atoms with Crippen LogP contribution in [0.1, 0.15) is 5.56 Å². The normalized spacial score (nSPS) is 11.7. The molecule has 0 bridgehead atoms. The van der Waals surface area contributed by atoms with Gasteiger partial charge in [0.05, 0.1) is 17.9 Å². The van der Waals surface area contributed by atoms with Crippen molar-refractivity contribution in [2.24, 2.45) is 0 Å². The lowest BCUT2D eigenvalue weighted by molar-refractivity contribution is 0.373. The fraction of sp³-hybridized carbons (Fsp3) is 0.0909. The Hall–Kier alpha value is -3.64. The van der Waals surface area contributed by atoms with Crippen LogP contribution in [0.25, 0.3) is 32.7 Å². The van der Waals surface area contributed by atoms with Crippen LogP contribution in [-0.4, -0.2) is 7.11 Å². The van der Waals surface area contributed by atoms with Crippen molar-refractivity contribution in [1.82, 2.24) is 0 Å². The van der Waals surface area contributed by atoms with Gasteiger partial charge in [0, 0.05) is 21.9 Å². The summed E-state index contributed by atoms with van der Waals surface area (Å²) in [6.45, 7) is 0.590. The predicted molar refractivity (Wildman–Crippen MR) is 97.7 cm³/mol. The molecule has 35 heavy (non-hydrogen) atoms. The zero-order chi connectivity index (χ0) is 26.3. The molecule has 0 saturated carbocycles. The summed E-state index contributed by atoms with van der Waals surface area (Å²) in [4.78, 5) is 0. The number of hydrogen-bond acceptors (Lipinski definition) is 1. The average molecular weight is 514 g/mol. The summed E-state index contributed by atoms with van der Waals surface area (Å²) in [6, 6.07) is 0. The van der Waals surface area contributed by atoms with Crippen molar-refractivity contribution >= 4 is 21.5 Å². The number of fused-ring (bicyclic) bond motifs is 2. The predicted octanol–water partition coefficient (Wildman–Crippen LogP) is 7.65. The van der Waals surface area contributed by atoms with Crippen LogP contribution in [0.15, 0.2) is 0 Å². The van der Waals surface area contributed by atoms with E-state index >= 15 is 0 Å². The summed E-state index contributed by atoms with van der Waals surface area (Å²) in [7, 11) is 0.579. The topological polar surface area (TPSA) is 9.23 Å². The van der Waals surface area contributed by atoms with Gasteiger partial charge in [-0.1, -0.05) is 0 Å². The lowest BCUT2D eigenvalue weighted by Crippen LogP contribution is -2.09. The molecule has 1 nitrogen and oxygen atoms in total. The van der Waals surface area contributed by atoms with Crippen LogP contribution < -0.4 is 4.74 Å². The van der Waals surface area contributed by atoms with Crippen molar-refractivity contribution in [3.8, 4) is 16.9 Å². The van der Waals surface area contributed by atoms with Crippen molar-refractivity contribution in [3.63, 3.8) is 0 Å². The highest BCUT2D eigenvalue weighted by molar-refractivity contribution is 6.10. The molecule has 0 N–H and O–H groups in total. The van der Waals surface area contributed by atoms with Crippen LogP contribution in [0.4, 0.5) is 52.7 Å². The summed E-state index contributed by atoms with van der Waals surface area (Å²) >= 11 is 0. The SMILES string of the molecule is COc1c(F)c(F)c2c(F)c(F)c(F)c(F)c2c1-c1c(C)c(F)c(F)c2c(F)c(F)c(F)c(F)c12. The Bertz CT molecular complexity index is 1600. The quantitative estimate of drug-likeness (QED) is 0.152. The first-order chi connectivity index (χ1) is 16.3. The van der Waals surface area contributed by atoms with Gasteiger partial charge in [-0.3, -0.25) is 0 Å². The third kappa shape index (κ3) is 2.99. The summed E-state index contributed by atoms with van der Waals surface area (Å²) in [5, 5.41) is -7.18. The van der Waals surface area contributed by atoms with Crippen molar-refractivity contribution in [2.75, 3.05) is 7.11 Å². The maximum absolute atomic E-state index is 14.9. The molecule has 0 aliphatic heterocycles. The van der Waals surface area contributed by atoms with Gasteiger partial charge in [-0.2, -0.15) is 4.39 Å². The number of rotatable bonds is 2. The van der Waals surface area contributed by atoms with E-state index in [0.29, 0.717) is 14.0 Å². The smallest absolute Gasteiger partial charge is 0.202 e. The Morgan fingerprint density at radius 1 is 0.371 bits per heavy atom. The van der Waals surface area contributed by atoms with E-state index in [1.165, 1.54) is 0 Å². The molecule has 4 aromatic rings. The fourth-order valence-corrected chi connectivity index (χ4v) is 3.89. The van der Waals surface area contributed by atoms with Crippen molar-refractivity contribution in [3.05, 3.63) is 75.4 Å². The Labute approximate surface area is 186 Å². The summed E-state index contributed by atoms with van der Waals surface area (Å²) in [5.74, 6) is -30.5. The Balaban J connectivity index is 2.50. The van der Waals surface area contributed by atoms with Crippen LogP contribution in [0.2, 0.25) is 0 Å². The van der Waals surface area contributed by atoms with E-state index in [1.807, 2.05) is 0 Å². The number of benzene rings is 4. The second-order valence-electron chi connectivity index (χ2n) is 7.18. The highest BCUT2D eigenvalue weighted by Crippen LogP contribution is 2.49. The second kappa shape index (κ2) is 7.95. The molecule has 0 saturated heterocycles. The van der Waals surface area contributed by atoms with E-state index in [1.54, 1.807) is 0 Å². The molecule has 0 spiro atoms. The van der Waals surface area contributed by atoms with Gasteiger partial charge < -0.3 is 4.74 Å². The maximum atomic E-state index is 14.9. The van der Waals surface area contributed by atoms with Crippen molar-refractivity contribution < 1.29 is 57.4 Å². The summed E-state index contributed by atoms with van der Waals surface area (Å²) in [5.41, 5.74) is -4.03.